The minimum Gasteiger partial charge on any atom is -0.456 e. The maximum absolute atomic E-state index is 12.6. The van der Waals surface area contributed by atoms with Crippen molar-refractivity contribution in [1.29, 1.82) is 0 Å². The maximum Gasteiger partial charge on any atom is 0.308 e. The number of hydrogen-bond acceptors (Lipinski definition) is 9. The van der Waals surface area contributed by atoms with Crippen molar-refractivity contribution in [2.75, 3.05) is 33.8 Å². The predicted molar refractivity (Wildman–Crippen MR) is 131 cm³/mol. The van der Waals surface area contributed by atoms with Crippen molar-refractivity contribution in [3.8, 4) is 12.3 Å². The molecule has 36 heavy (non-hydrogen) atoms. The number of hydrogen-bond donors (Lipinski definition) is 1. The van der Waals surface area contributed by atoms with Crippen LogP contribution in [0.1, 0.15) is 72.1 Å². The molecule has 0 aromatic rings. The number of carbonyl (C=O) groups is 3. The molecule has 0 saturated carbocycles. The lowest BCUT2D eigenvalue weighted by Crippen LogP contribution is -2.59. The van der Waals surface area contributed by atoms with Gasteiger partial charge in [0, 0.05) is 19.3 Å². The minimum absolute atomic E-state index is 0.117. The highest BCUT2D eigenvalue weighted by atomic mass is 16.7. The summed E-state index contributed by atoms with van der Waals surface area (Å²) in [5, 5.41) is 10.4. The molecule has 0 aliphatic carbocycles. The zero-order valence-electron chi connectivity index (χ0n) is 22.4. The second-order valence-corrected chi connectivity index (χ2v) is 9.64. The van der Waals surface area contributed by atoms with E-state index in [1.54, 1.807) is 0 Å². The van der Waals surface area contributed by atoms with E-state index in [4.69, 9.17) is 30.1 Å². The molecular weight excluding hydrogens is 470 g/mol. The first-order valence-corrected chi connectivity index (χ1v) is 12.9. The summed E-state index contributed by atoms with van der Waals surface area (Å²) in [4.78, 5) is 37.2. The number of carbonyl (C=O) groups excluding carboxylic acids is 3. The number of aliphatic hydroxyl groups excluding tert-OH is 1. The van der Waals surface area contributed by atoms with E-state index in [0.29, 0.717) is 49.7 Å². The first-order valence-electron chi connectivity index (χ1n) is 12.9. The Kier molecular flexibility index (Phi) is 14.6. The van der Waals surface area contributed by atoms with Crippen LogP contribution in [0.5, 0.6) is 0 Å². The monoisotopic (exact) mass is 514 g/mol. The van der Waals surface area contributed by atoms with Gasteiger partial charge >= 0.3 is 17.9 Å². The van der Waals surface area contributed by atoms with Gasteiger partial charge in [0.2, 0.25) is 6.29 Å². The minimum atomic E-state index is -1.25. The van der Waals surface area contributed by atoms with Gasteiger partial charge in [-0.05, 0) is 25.2 Å². The molecular formula is C26H44NO9+. The van der Waals surface area contributed by atoms with E-state index in [9.17, 15) is 19.5 Å². The van der Waals surface area contributed by atoms with Gasteiger partial charge in [-0.3, -0.25) is 14.4 Å². The van der Waals surface area contributed by atoms with Crippen molar-refractivity contribution in [3.05, 3.63) is 0 Å². The van der Waals surface area contributed by atoms with Crippen LogP contribution in [0, 0.1) is 12.3 Å². The molecule has 1 saturated heterocycles. The lowest BCUT2D eigenvalue weighted by atomic mass is 10.0. The molecule has 0 aromatic heterocycles. The molecule has 1 unspecified atom stereocenters. The molecule has 206 valence electrons. The van der Waals surface area contributed by atoms with Gasteiger partial charge in [0.1, 0.15) is 6.54 Å². The molecule has 1 rings (SSSR count). The summed E-state index contributed by atoms with van der Waals surface area (Å²) >= 11 is 0. The molecule has 1 heterocycles. The van der Waals surface area contributed by atoms with Gasteiger partial charge in [-0.1, -0.05) is 27.2 Å². The van der Waals surface area contributed by atoms with Crippen molar-refractivity contribution in [2.45, 2.75) is 103 Å². The van der Waals surface area contributed by atoms with Gasteiger partial charge in [-0.25, -0.2) is 0 Å². The van der Waals surface area contributed by atoms with Crippen LogP contribution in [-0.2, 0) is 38.1 Å². The van der Waals surface area contributed by atoms with Crippen LogP contribution in [0.15, 0.2) is 0 Å². The van der Waals surface area contributed by atoms with Crippen LogP contribution in [-0.4, -0.2) is 92.2 Å². The second-order valence-electron chi connectivity index (χ2n) is 9.64. The Morgan fingerprint density at radius 1 is 0.972 bits per heavy atom. The van der Waals surface area contributed by atoms with E-state index in [0.717, 1.165) is 0 Å². The first-order chi connectivity index (χ1) is 17.1. The SMILES string of the molecule is C#CC[N+](C)(C)CCCC(=O)O[C@H]1OC[C@H](OC(=O)CCC)[C@H](OC(=O)CCC)[C@H]1OC(O)CCC. The van der Waals surface area contributed by atoms with Gasteiger partial charge in [0.15, 0.2) is 24.6 Å². The Hall–Kier alpha value is -2.19. The Bertz CT molecular complexity index is 733. The third-order valence-electron chi connectivity index (χ3n) is 5.60. The molecule has 5 atom stereocenters. The average molecular weight is 515 g/mol. The highest BCUT2D eigenvalue weighted by Gasteiger charge is 2.48. The zero-order chi connectivity index (χ0) is 27.1. The van der Waals surface area contributed by atoms with Crippen molar-refractivity contribution in [2.24, 2.45) is 0 Å². The Labute approximate surface area is 215 Å². The van der Waals surface area contributed by atoms with Crippen LogP contribution in [0.3, 0.4) is 0 Å². The number of rotatable bonds is 16. The summed E-state index contributed by atoms with van der Waals surface area (Å²) in [6.07, 6.45) is 2.70. The summed E-state index contributed by atoms with van der Waals surface area (Å²) in [6.45, 7) is 6.59. The quantitative estimate of drug-likeness (QED) is 0.109. The van der Waals surface area contributed by atoms with Crippen molar-refractivity contribution in [1.82, 2.24) is 0 Å². The third kappa shape index (κ3) is 11.7. The lowest BCUT2D eigenvalue weighted by Gasteiger charge is -2.41. The molecule has 0 aromatic carbocycles. The number of quaternary nitrogens is 1. The summed E-state index contributed by atoms with van der Waals surface area (Å²) < 4.78 is 28.7. The first kappa shape index (κ1) is 31.8. The van der Waals surface area contributed by atoms with Crippen molar-refractivity contribution < 1.29 is 47.7 Å². The van der Waals surface area contributed by atoms with E-state index >= 15 is 0 Å². The molecule has 0 spiro atoms. The van der Waals surface area contributed by atoms with Gasteiger partial charge in [0.25, 0.3) is 0 Å². The molecule has 0 amide bonds. The standard InChI is InChI=1S/C26H44NO9/c1-7-12-20(28)33-19-18-32-26(36-23(31)15-11-17-27(5,6)16-10-4)25(35-22(30)14-9-3)24(19)34-21(29)13-8-2/h4,19,22,24-26,30H,7-9,11-18H2,1-3,5-6H3/q+1/t19-,22?,24-,25+,26+/m0/s1. The lowest BCUT2D eigenvalue weighted by molar-refractivity contribution is -0.883. The van der Waals surface area contributed by atoms with E-state index in [-0.39, 0.29) is 25.9 Å². The Morgan fingerprint density at radius 2 is 1.58 bits per heavy atom. The largest absolute Gasteiger partial charge is 0.456 e. The van der Waals surface area contributed by atoms with Crippen LogP contribution < -0.4 is 0 Å². The summed E-state index contributed by atoms with van der Waals surface area (Å²) in [5.74, 6) is 1.10. The average Bonchev–Trinajstić information content (AvgIpc) is 2.77. The van der Waals surface area contributed by atoms with Crippen LogP contribution in [0.25, 0.3) is 0 Å². The highest BCUT2D eigenvalue weighted by molar-refractivity contribution is 5.71. The molecule has 0 radical (unpaired) electrons. The second kappa shape index (κ2) is 16.5. The highest BCUT2D eigenvalue weighted by Crippen LogP contribution is 2.27. The molecule has 1 aliphatic rings. The summed E-state index contributed by atoms with van der Waals surface area (Å²) in [7, 11) is 3.95. The maximum atomic E-state index is 12.6. The molecule has 1 N–H and O–H groups in total. The van der Waals surface area contributed by atoms with Crippen LogP contribution in [0.4, 0.5) is 0 Å². The summed E-state index contributed by atoms with van der Waals surface area (Å²) in [6, 6.07) is 0. The fraction of sp³-hybridized carbons (Fsp3) is 0.808. The molecule has 1 aliphatic heterocycles. The molecule has 0 bridgehead atoms. The van der Waals surface area contributed by atoms with Crippen molar-refractivity contribution >= 4 is 17.9 Å². The van der Waals surface area contributed by atoms with E-state index in [1.807, 2.05) is 34.9 Å². The molecule has 10 heteroatoms. The number of ether oxygens (including phenoxy) is 5. The van der Waals surface area contributed by atoms with Gasteiger partial charge < -0.3 is 33.3 Å². The normalized spacial score (nSPS) is 22.8. The van der Waals surface area contributed by atoms with E-state index in [1.165, 1.54) is 0 Å². The number of aliphatic hydroxyl groups is 1. The fourth-order valence-electron chi connectivity index (χ4n) is 3.74. The topological polar surface area (TPSA) is 118 Å². The fourth-order valence-corrected chi connectivity index (χ4v) is 3.74. The van der Waals surface area contributed by atoms with E-state index < -0.39 is 48.8 Å². The number of esters is 3. The molecule has 1 fully saturated rings. The Balaban J connectivity index is 3.03. The Morgan fingerprint density at radius 3 is 2.17 bits per heavy atom. The predicted octanol–water partition coefficient (Wildman–Crippen LogP) is 2.30. The number of terminal acetylenes is 1. The van der Waals surface area contributed by atoms with E-state index in [2.05, 4.69) is 5.92 Å². The number of nitrogens with zero attached hydrogens (tertiary/aromatic N) is 1. The van der Waals surface area contributed by atoms with Gasteiger partial charge in [-0.15, -0.1) is 6.42 Å². The van der Waals surface area contributed by atoms with Gasteiger partial charge in [-0.2, -0.15) is 0 Å². The summed E-state index contributed by atoms with van der Waals surface area (Å²) in [5.41, 5.74) is 0. The third-order valence-corrected chi connectivity index (χ3v) is 5.60. The van der Waals surface area contributed by atoms with Crippen molar-refractivity contribution in [3.63, 3.8) is 0 Å². The zero-order valence-corrected chi connectivity index (χ0v) is 22.4. The van der Waals surface area contributed by atoms with Crippen LogP contribution in [0.2, 0.25) is 0 Å². The smallest absolute Gasteiger partial charge is 0.308 e. The van der Waals surface area contributed by atoms with Crippen LogP contribution >= 0.6 is 0 Å². The van der Waals surface area contributed by atoms with Gasteiger partial charge in [0.05, 0.1) is 33.7 Å². The molecule has 10 nitrogen and oxygen atoms in total.